The molecule has 2 aliphatic heterocycles. The molecular weight excluding hydrogens is 1520 g/mol. The Labute approximate surface area is 672 Å². The maximum Gasteiger partial charge on any atom is 0.266 e. The smallest absolute Gasteiger partial charge is 0.266 e. The zero-order valence-corrected chi connectivity index (χ0v) is 72.4. The van der Waals surface area contributed by atoms with Gasteiger partial charge in [-0.05, 0) is 160 Å². The number of thioether (sulfide) groups is 6. The number of rotatable bonds is 46. The molecule has 18 heteroatoms. The molecule has 546 valence electrons. The van der Waals surface area contributed by atoms with E-state index >= 15 is 0 Å². The molecule has 8 heterocycles. The van der Waals surface area contributed by atoms with Gasteiger partial charge in [0.15, 0.2) is 0 Å². The first-order valence-electron chi connectivity index (χ1n) is 38.4. The number of unbranched alkanes of at least 4 members (excludes halogenated alkanes) is 22. The quantitative estimate of drug-likeness (QED) is 0.0159. The SMILES string of the molecule is CCCCCCCCN1C(=O)/C(=C\c2cc3c(s2)-c2cc4c(cc2C3=C(SCc2ccc(CCCCCC)s2)SCc2ccc(CCCCCC)s2)-c2sc(/C=C3/SC(=S)N(CCCCCCCC)C3=O)cc2C4=C(Sc2ccc(CCCCCC)s2)Sc2ccc(CCCCCC)s2)SC1=S. The van der Waals surface area contributed by atoms with Gasteiger partial charge in [-0.3, -0.25) is 19.4 Å². The lowest BCUT2D eigenvalue weighted by Crippen LogP contribution is -2.28. The van der Waals surface area contributed by atoms with Gasteiger partial charge in [0.25, 0.3) is 11.8 Å². The van der Waals surface area contributed by atoms with Crippen LogP contribution in [-0.4, -0.2) is 43.3 Å². The minimum Gasteiger partial charge on any atom is -0.293 e. The normalized spacial score (nSPS) is 14.9. The van der Waals surface area contributed by atoms with Crippen molar-refractivity contribution in [1.29, 1.82) is 0 Å². The molecule has 11 rings (SSSR count). The van der Waals surface area contributed by atoms with Crippen LogP contribution >= 0.6 is 163 Å². The summed E-state index contributed by atoms with van der Waals surface area (Å²) < 4.78 is 6.63. The number of amides is 2. The number of benzene rings is 1. The number of nitrogens with zero attached hydrogens (tertiary/aromatic N) is 2. The fraction of sp³-hybridized carbons (Fsp3) is 0.500. The zero-order valence-electron chi connectivity index (χ0n) is 61.0. The second-order valence-corrected chi connectivity index (χ2v) is 42.9. The lowest BCUT2D eigenvalue weighted by atomic mass is 9.98. The van der Waals surface area contributed by atoms with Crippen molar-refractivity contribution in [2.45, 2.75) is 267 Å². The number of thiophene rings is 6. The van der Waals surface area contributed by atoms with Gasteiger partial charge in [0, 0.05) is 111 Å². The van der Waals surface area contributed by atoms with Gasteiger partial charge in [-0.1, -0.05) is 254 Å². The molecule has 1 aromatic carbocycles. The van der Waals surface area contributed by atoms with E-state index in [0.717, 1.165) is 82.4 Å². The predicted molar refractivity (Wildman–Crippen MR) is 475 cm³/mol. The van der Waals surface area contributed by atoms with E-state index in [1.54, 1.807) is 0 Å². The highest BCUT2D eigenvalue weighted by Gasteiger charge is 2.39. The van der Waals surface area contributed by atoms with Crippen LogP contribution in [0.15, 0.2) is 99.5 Å². The van der Waals surface area contributed by atoms with Gasteiger partial charge >= 0.3 is 0 Å². The van der Waals surface area contributed by atoms with E-state index in [1.807, 2.05) is 125 Å². The number of aryl methyl sites for hydroxylation is 4. The summed E-state index contributed by atoms with van der Waals surface area (Å²) in [6, 6.07) is 29.1. The van der Waals surface area contributed by atoms with E-state index < -0.39 is 0 Å². The number of hydrogen-bond acceptors (Lipinski definition) is 16. The largest absolute Gasteiger partial charge is 0.293 e. The highest BCUT2D eigenvalue weighted by atomic mass is 32.2. The molecule has 2 fully saturated rings. The highest BCUT2D eigenvalue weighted by Crippen LogP contribution is 2.62. The van der Waals surface area contributed by atoms with Crippen molar-refractivity contribution in [2.75, 3.05) is 13.1 Å². The van der Waals surface area contributed by atoms with E-state index in [-0.39, 0.29) is 11.8 Å². The maximum absolute atomic E-state index is 14.5. The average molecular weight is 1620 g/mol. The number of thiocarbonyl (C=S) groups is 2. The van der Waals surface area contributed by atoms with E-state index in [0.29, 0.717) is 21.7 Å². The second-order valence-electron chi connectivity index (χ2n) is 27.5. The Morgan fingerprint density at radius 2 is 0.696 bits per heavy atom. The van der Waals surface area contributed by atoms with Crippen molar-refractivity contribution in [2.24, 2.45) is 0 Å². The summed E-state index contributed by atoms with van der Waals surface area (Å²) in [6.45, 7) is 15.1. The van der Waals surface area contributed by atoms with Crippen LogP contribution in [0.3, 0.4) is 0 Å². The van der Waals surface area contributed by atoms with Crippen molar-refractivity contribution < 1.29 is 9.59 Å². The summed E-state index contributed by atoms with van der Waals surface area (Å²) in [5.74, 6) is 1.87. The van der Waals surface area contributed by atoms with Crippen LogP contribution in [0.2, 0.25) is 0 Å². The number of carbonyl (C=O) groups excluding carboxylic acids is 2. The Hall–Kier alpha value is -2.40. The third kappa shape index (κ3) is 22.0. The van der Waals surface area contributed by atoms with E-state index in [9.17, 15) is 9.59 Å². The molecule has 0 radical (unpaired) electrons. The first-order chi connectivity index (χ1) is 50.0. The molecule has 7 aromatic rings. The highest BCUT2D eigenvalue weighted by molar-refractivity contribution is 8.27. The lowest BCUT2D eigenvalue weighted by molar-refractivity contribution is -0.123. The lowest BCUT2D eigenvalue weighted by Gasteiger charge is -2.15. The Kier molecular flexibility index (Phi) is 33.2. The Bertz CT molecular complexity index is 3970. The Morgan fingerprint density at radius 1 is 0.363 bits per heavy atom. The van der Waals surface area contributed by atoms with Crippen molar-refractivity contribution in [3.63, 3.8) is 0 Å². The molecule has 2 amide bonds. The molecule has 0 bridgehead atoms. The molecule has 6 aromatic heterocycles. The molecule has 2 saturated heterocycles. The Morgan fingerprint density at radius 3 is 1.09 bits per heavy atom. The summed E-state index contributed by atoms with van der Waals surface area (Å²) in [6.07, 6.45) is 43.0. The van der Waals surface area contributed by atoms with E-state index in [1.165, 1.54) is 278 Å². The van der Waals surface area contributed by atoms with Crippen molar-refractivity contribution in [3.05, 3.63) is 152 Å². The molecule has 0 unspecified atom stereocenters. The van der Waals surface area contributed by atoms with Crippen molar-refractivity contribution in [3.8, 4) is 20.9 Å². The molecule has 0 atom stereocenters. The first-order valence-corrected chi connectivity index (χ1v) is 49.3. The zero-order chi connectivity index (χ0) is 71.2. The van der Waals surface area contributed by atoms with Crippen LogP contribution in [0.25, 0.3) is 44.2 Å². The van der Waals surface area contributed by atoms with Gasteiger partial charge in [-0.25, -0.2) is 0 Å². The standard InChI is InChI=1S/C84H104N2O2S14/c1-7-13-19-25-27-33-47-85-79(87)71(99-83(85)89)51-63-49-69-75(81(91-55-61-41-39-57(93-61)35-29-21-15-9-3)92-56-62-42-40-58(94-62)36-30-22-16-10-4)65-53-68-66(54-67(65)77(69)97-63)76(70-50-64(98-78(68)70)52-72-80(88)86(84(90)100-72)48-34-28-26-20-14-8-2)82(101-73-45-43-59(95-73)37-31-23-17-11-5)102-74-46-44-60(96-74)38-32-24-18-12-6/h39-46,49-54H,7-38,47-48,55-56H2,1-6H3/b71-51+,72-52+. The van der Waals surface area contributed by atoms with Crippen LogP contribution in [0.5, 0.6) is 0 Å². The molecular formula is C84H104N2O2S14. The maximum atomic E-state index is 14.5. The fourth-order valence-electron chi connectivity index (χ4n) is 13.6. The predicted octanol–water partition coefficient (Wildman–Crippen LogP) is 30.5. The van der Waals surface area contributed by atoms with Crippen LogP contribution < -0.4 is 0 Å². The monoisotopic (exact) mass is 1620 g/mol. The van der Waals surface area contributed by atoms with Gasteiger partial charge < -0.3 is 0 Å². The Balaban J connectivity index is 1.06. The van der Waals surface area contributed by atoms with Crippen LogP contribution in [-0.2, 0) is 46.8 Å². The van der Waals surface area contributed by atoms with Gasteiger partial charge in [0.05, 0.1) is 22.5 Å². The number of carbonyl (C=O) groups is 2. The van der Waals surface area contributed by atoms with Gasteiger partial charge in [0.1, 0.15) is 8.64 Å². The van der Waals surface area contributed by atoms with Crippen LogP contribution in [0.1, 0.15) is 283 Å². The molecule has 4 aliphatic rings. The molecule has 2 aliphatic carbocycles. The van der Waals surface area contributed by atoms with E-state index in [4.69, 9.17) is 24.4 Å². The van der Waals surface area contributed by atoms with Crippen LogP contribution in [0.4, 0.5) is 0 Å². The summed E-state index contributed by atoms with van der Waals surface area (Å²) >= 11 is 34.5. The molecule has 0 spiro atoms. The summed E-state index contributed by atoms with van der Waals surface area (Å²) in [5.41, 5.74) is 10.2. The first kappa shape index (κ1) is 80.6. The third-order valence-corrected chi connectivity index (χ3v) is 34.3. The topological polar surface area (TPSA) is 40.6 Å². The average Bonchev–Trinajstić information content (AvgIpc) is 1.55. The van der Waals surface area contributed by atoms with E-state index in [2.05, 4.69) is 126 Å². The van der Waals surface area contributed by atoms with Gasteiger partial charge in [-0.15, -0.1) is 91.5 Å². The fourth-order valence-corrected chi connectivity index (χ4v) is 28.7. The molecule has 4 nitrogen and oxygen atoms in total. The molecule has 0 saturated carbocycles. The van der Waals surface area contributed by atoms with Gasteiger partial charge in [-0.2, -0.15) is 0 Å². The third-order valence-electron chi connectivity index (χ3n) is 19.3. The van der Waals surface area contributed by atoms with Crippen molar-refractivity contribution in [1.82, 2.24) is 9.80 Å². The summed E-state index contributed by atoms with van der Waals surface area (Å²) in [4.78, 5) is 47.6. The summed E-state index contributed by atoms with van der Waals surface area (Å²) in [5, 5.41) is 0. The number of fused-ring (bicyclic) bond motifs is 6. The van der Waals surface area contributed by atoms with Crippen LogP contribution in [0, 0.1) is 0 Å². The molecule has 102 heavy (non-hydrogen) atoms. The summed E-state index contributed by atoms with van der Waals surface area (Å²) in [7, 11) is 0. The molecule has 0 N–H and O–H groups in total. The van der Waals surface area contributed by atoms with Gasteiger partial charge in [0.2, 0.25) is 0 Å². The van der Waals surface area contributed by atoms with Crippen molar-refractivity contribution >= 4 is 207 Å². The second kappa shape index (κ2) is 42.0. The number of hydrogen-bond donors (Lipinski definition) is 0. The minimum atomic E-state index is 0.0401. The minimum absolute atomic E-state index is 0.0401.